The molecule has 0 bridgehead atoms. The summed E-state index contributed by atoms with van der Waals surface area (Å²) in [5.74, 6) is 0. The van der Waals surface area contributed by atoms with Gasteiger partial charge in [-0.15, -0.1) is 0 Å². The van der Waals surface area contributed by atoms with E-state index >= 15 is 0 Å². The van der Waals surface area contributed by atoms with Crippen LogP contribution in [0.5, 0.6) is 0 Å². The monoisotopic (exact) mass is 138 g/mol. The highest BCUT2D eigenvalue weighted by Crippen LogP contribution is 2.18. The van der Waals surface area contributed by atoms with Gasteiger partial charge >= 0.3 is 0 Å². The molecule has 0 aliphatic heterocycles. The number of rotatable bonds is 1. The second-order valence-corrected chi connectivity index (χ2v) is 3.51. The molecule has 1 atom stereocenters. The van der Waals surface area contributed by atoms with Crippen LogP contribution in [0.4, 0.5) is 0 Å². The maximum absolute atomic E-state index is 10.8. The van der Waals surface area contributed by atoms with Crippen LogP contribution >= 0.6 is 0 Å². The summed E-state index contributed by atoms with van der Waals surface area (Å²) in [5, 5.41) is 2.47. The fourth-order valence-corrected chi connectivity index (χ4v) is 1.78. The summed E-state index contributed by atoms with van der Waals surface area (Å²) in [6, 6.07) is 6.02. The molecule has 2 aliphatic carbocycles. The van der Waals surface area contributed by atoms with Gasteiger partial charge in [-0.2, -0.15) is 0 Å². The molecule has 0 aromatic heterocycles. The van der Waals surface area contributed by atoms with Crippen LogP contribution in [-0.4, -0.2) is 10.5 Å². The van der Waals surface area contributed by atoms with E-state index in [1.54, 1.807) is 6.26 Å². The van der Waals surface area contributed by atoms with Gasteiger partial charge in [0.05, 0.1) is 10.8 Å². The first-order valence-electron chi connectivity index (χ1n) is 2.77. The fourth-order valence-electron chi connectivity index (χ4n) is 0.992. The van der Waals surface area contributed by atoms with Crippen molar-refractivity contribution in [1.29, 1.82) is 0 Å². The van der Waals surface area contributed by atoms with Crippen LogP contribution in [0.2, 0.25) is 0 Å². The van der Waals surface area contributed by atoms with Crippen molar-refractivity contribution < 1.29 is 4.21 Å². The molecule has 0 aromatic rings. The number of hydrogen-bond donors (Lipinski definition) is 0. The lowest BCUT2D eigenvalue weighted by atomic mass is 10.1. The van der Waals surface area contributed by atoms with Crippen LogP contribution in [0.1, 0.15) is 0 Å². The Labute approximate surface area is 55.5 Å². The molecule has 46 valence electrons. The number of hydrogen-bond acceptors (Lipinski definition) is 1. The minimum atomic E-state index is -0.771. The van der Waals surface area contributed by atoms with E-state index in [0.717, 1.165) is 4.90 Å². The van der Waals surface area contributed by atoms with E-state index < -0.39 is 10.8 Å². The van der Waals surface area contributed by atoms with Crippen LogP contribution in [-0.2, 0) is 10.8 Å². The topological polar surface area (TPSA) is 17.1 Å². The van der Waals surface area contributed by atoms with E-state index in [1.807, 2.05) is 18.2 Å². The van der Waals surface area contributed by atoms with Crippen LogP contribution in [0.15, 0.2) is 23.1 Å². The predicted octanol–water partition coefficient (Wildman–Crippen LogP) is 1.02. The predicted molar refractivity (Wildman–Crippen MR) is 36.4 cm³/mol. The van der Waals surface area contributed by atoms with Crippen molar-refractivity contribution in [3.05, 3.63) is 28.6 Å². The Morgan fingerprint density at radius 1 is 1.44 bits per heavy atom. The van der Waals surface area contributed by atoms with Crippen LogP contribution in [0.3, 0.4) is 0 Å². The molecule has 0 fully saturated rings. The van der Waals surface area contributed by atoms with E-state index in [0.29, 0.717) is 0 Å². The van der Waals surface area contributed by atoms with Gasteiger partial charge in [0.2, 0.25) is 0 Å². The highest BCUT2D eigenvalue weighted by Gasteiger charge is 2.07. The molecule has 0 radical (unpaired) electrons. The third kappa shape index (κ3) is 0.512. The van der Waals surface area contributed by atoms with Gasteiger partial charge in [-0.25, -0.2) is 0 Å². The van der Waals surface area contributed by atoms with Gasteiger partial charge in [0.1, 0.15) is 0 Å². The molecule has 2 aliphatic rings. The van der Waals surface area contributed by atoms with Crippen LogP contribution < -0.4 is 0 Å². The highest BCUT2D eigenvalue weighted by atomic mass is 32.2. The summed E-state index contributed by atoms with van der Waals surface area (Å²) in [6.07, 6.45) is 1.71. The maximum Gasteiger partial charge on any atom is 0.0504 e. The van der Waals surface area contributed by atoms with Gasteiger partial charge < -0.3 is 0 Å². The zero-order valence-corrected chi connectivity index (χ0v) is 5.87. The molecule has 0 N–H and O–H groups in total. The summed E-state index contributed by atoms with van der Waals surface area (Å²) in [4.78, 5) is 1.01. The Balaban J connectivity index is 2.64. The second-order valence-electron chi connectivity index (χ2n) is 2.17. The molecule has 0 amide bonds. The first-order chi connectivity index (χ1) is 4.29. The Bertz CT molecular complexity index is 367. The second kappa shape index (κ2) is 1.45. The normalized spacial score (nSPS) is 15.2. The summed E-state index contributed by atoms with van der Waals surface area (Å²) in [7, 11) is -0.771. The first kappa shape index (κ1) is 5.18. The zero-order chi connectivity index (χ0) is 6.43. The van der Waals surface area contributed by atoms with Gasteiger partial charge in [-0.1, -0.05) is 12.1 Å². The summed E-state index contributed by atoms with van der Waals surface area (Å²) in [5.41, 5.74) is 0. The minimum absolute atomic E-state index is 0.771. The molecule has 0 saturated carbocycles. The SMILES string of the molecule is CS(=O)c1cc2ccc1=2. The van der Waals surface area contributed by atoms with Crippen molar-refractivity contribution >= 4 is 10.8 Å². The molecular weight excluding hydrogens is 132 g/mol. The Kier molecular flexibility index (Phi) is 0.833. The van der Waals surface area contributed by atoms with Gasteiger partial charge in [0.25, 0.3) is 0 Å². The van der Waals surface area contributed by atoms with Gasteiger partial charge in [-0.3, -0.25) is 4.21 Å². The largest absolute Gasteiger partial charge is 0.255 e. The van der Waals surface area contributed by atoms with Gasteiger partial charge in [0, 0.05) is 11.2 Å². The summed E-state index contributed by atoms with van der Waals surface area (Å²) < 4.78 is 10.8. The molecule has 1 unspecified atom stereocenters. The van der Waals surface area contributed by atoms with E-state index in [2.05, 4.69) is 0 Å². The molecule has 0 heterocycles. The smallest absolute Gasteiger partial charge is 0.0504 e. The van der Waals surface area contributed by atoms with E-state index in [1.165, 1.54) is 10.4 Å². The molecule has 0 aromatic carbocycles. The number of benzene rings is 1. The highest BCUT2D eigenvalue weighted by molar-refractivity contribution is 7.84. The molecular formula is C7H6OS. The Morgan fingerprint density at radius 2 is 2.22 bits per heavy atom. The fraction of sp³-hybridized carbons (Fsp3) is 0.143. The molecule has 0 spiro atoms. The summed E-state index contributed by atoms with van der Waals surface area (Å²) in [6.45, 7) is 0. The lowest BCUT2D eigenvalue weighted by Gasteiger charge is -2.06. The van der Waals surface area contributed by atoms with Gasteiger partial charge in [-0.05, 0) is 16.5 Å². The van der Waals surface area contributed by atoms with E-state index in [9.17, 15) is 4.21 Å². The van der Waals surface area contributed by atoms with Crippen molar-refractivity contribution in [2.45, 2.75) is 4.90 Å². The molecule has 1 nitrogen and oxygen atoms in total. The molecule has 2 heteroatoms. The van der Waals surface area contributed by atoms with E-state index in [-0.39, 0.29) is 0 Å². The Morgan fingerprint density at radius 3 is 2.33 bits per heavy atom. The molecule has 9 heavy (non-hydrogen) atoms. The zero-order valence-electron chi connectivity index (χ0n) is 5.05. The minimum Gasteiger partial charge on any atom is -0.255 e. The van der Waals surface area contributed by atoms with Crippen molar-refractivity contribution in [3.63, 3.8) is 0 Å². The standard InChI is InChI=1S/C7H6OS/c1-9(8)7-4-5-2-3-6(5)7/h2-4H,1H3. The van der Waals surface area contributed by atoms with Crippen LogP contribution in [0, 0.1) is 10.4 Å². The van der Waals surface area contributed by atoms with Crippen molar-refractivity contribution in [2.24, 2.45) is 0 Å². The van der Waals surface area contributed by atoms with Crippen molar-refractivity contribution in [2.75, 3.05) is 6.26 Å². The summed E-state index contributed by atoms with van der Waals surface area (Å²) >= 11 is 0. The quantitative estimate of drug-likeness (QED) is 0.575. The third-order valence-corrected chi connectivity index (χ3v) is 2.56. The van der Waals surface area contributed by atoms with Crippen LogP contribution in [0.25, 0.3) is 0 Å². The first-order valence-corrected chi connectivity index (χ1v) is 4.33. The molecule has 2 rings (SSSR count). The van der Waals surface area contributed by atoms with Crippen molar-refractivity contribution in [1.82, 2.24) is 0 Å². The third-order valence-electron chi connectivity index (χ3n) is 1.60. The van der Waals surface area contributed by atoms with Gasteiger partial charge in [0.15, 0.2) is 0 Å². The lowest BCUT2D eigenvalue weighted by molar-refractivity contribution is 0.685. The average Bonchev–Trinajstić information content (AvgIpc) is 1.76. The average molecular weight is 138 g/mol. The Hall–Kier alpha value is -0.630. The molecule has 0 saturated heterocycles. The maximum atomic E-state index is 10.8. The van der Waals surface area contributed by atoms with Crippen molar-refractivity contribution in [3.8, 4) is 0 Å². The van der Waals surface area contributed by atoms with E-state index in [4.69, 9.17) is 0 Å². The lowest BCUT2D eigenvalue weighted by Crippen LogP contribution is -1.97.